The summed E-state index contributed by atoms with van der Waals surface area (Å²) < 4.78 is 5.27. The van der Waals surface area contributed by atoms with Crippen molar-refractivity contribution in [3.63, 3.8) is 0 Å². The first-order valence-corrected chi connectivity index (χ1v) is 7.41. The Hall–Kier alpha value is -1.26. The van der Waals surface area contributed by atoms with Gasteiger partial charge in [-0.1, -0.05) is 23.7 Å². The third kappa shape index (κ3) is 4.11. The molecular formula is C16H22ClNO3. The topological polar surface area (TPSA) is 49.8 Å². The number of aryl methyl sites for hydroxylation is 1. The van der Waals surface area contributed by atoms with Crippen molar-refractivity contribution in [3.8, 4) is 0 Å². The van der Waals surface area contributed by atoms with Gasteiger partial charge in [0, 0.05) is 11.4 Å². The second kappa shape index (κ2) is 5.50. The molecule has 1 aromatic rings. The van der Waals surface area contributed by atoms with E-state index in [9.17, 15) is 9.90 Å². The van der Waals surface area contributed by atoms with E-state index in [0.717, 1.165) is 11.1 Å². The van der Waals surface area contributed by atoms with Gasteiger partial charge in [-0.15, -0.1) is 0 Å². The highest BCUT2D eigenvalue weighted by Crippen LogP contribution is 2.30. The highest BCUT2D eigenvalue weighted by molar-refractivity contribution is 6.31. The van der Waals surface area contributed by atoms with Gasteiger partial charge < -0.3 is 14.7 Å². The summed E-state index contributed by atoms with van der Waals surface area (Å²) in [5.41, 5.74) is 0.536. The van der Waals surface area contributed by atoms with Crippen LogP contribution in [0.5, 0.6) is 0 Å². The molecule has 0 unspecified atom stereocenters. The van der Waals surface area contributed by atoms with Gasteiger partial charge in [0.05, 0.1) is 13.1 Å². The SMILES string of the molecule is Cc1ccc(CC2(O)CN(C(=O)OC(C)(C)C)C2)c(Cl)c1. The molecule has 0 aliphatic carbocycles. The fourth-order valence-corrected chi connectivity index (χ4v) is 2.68. The van der Waals surface area contributed by atoms with E-state index in [1.807, 2.05) is 45.9 Å². The molecule has 1 aliphatic rings. The van der Waals surface area contributed by atoms with Crippen LogP contribution in [-0.2, 0) is 11.2 Å². The van der Waals surface area contributed by atoms with Gasteiger partial charge in [0.1, 0.15) is 11.2 Å². The lowest BCUT2D eigenvalue weighted by Crippen LogP contribution is -2.65. The number of rotatable bonds is 2. The first kappa shape index (κ1) is 16.1. The molecule has 1 saturated heterocycles. The summed E-state index contributed by atoms with van der Waals surface area (Å²) in [6.07, 6.45) is 0.0491. The smallest absolute Gasteiger partial charge is 0.410 e. The number of hydrogen-bond acceptors (Lipinski definition) is 3. The van der Waals surface area contributed by atoms with E-state index in [-0.39, 0.29) is 19.2 Å². The van der Waals surface area contributed by atoms with Crippen molar-refractivity contribution in [1.82, 2.24) is 4.90 Å². The van der Waals surface area contributed by atoms with Crippen LogP contribution in [-0.4, -0.2) is 40.4 Å². The number of amides is 1. The van der Waals surface area contributed by atoms with Crippen LogP contribution < -0.4 is 0 Å². The molecule has 0 saturated carbocycles. The molecule has 1 amide bonds. The van der Waals surface area contributed by atoms with E-state index < -0.39 is 11.2 Å². The number of carbonyl (C=O) groups excluding carboxylic acids is 1. The number of β-amino-alcohol motifs (C(OH)–C–C–N with tert-alkyl or cyclic N) is 1. The summed E-state index contributed by atoms with van der Waals surface area (Å²) >= 11 is 6.19. The molecule has 21 heavy (non-hydrogen) atoms. The number of carbonyl (C=O) groups is 1. The second-order valence-electron chi connectivity index (χ2n) is 6.83. The summed E-state index contributed by atoms with van der Waals surface area (Å²) in [6, 6.07) is 5.77. The summed E-state index contributed by atoms with van der Waals surface area (Å²) in [7, 11) is 0. The van der Waals surface area contributed by atoms with Crippen molar-refractivity contribution in [2.75, 3.05) is 13.1 Å². The Labute approximate surface area is 130 Å². The second-order valence-corrected chi connectivity index (χ2v) is 7.24. The molecule has 0 spiro atoms. The van der Waals surface area contributed by atoms with Crippen LogP contribution in [0.2, 0.25) is 5.02 Å². The largest absolute Gasteiger partial charge is 0.444 e. The van der Waals surface area contributed by atoms with E-state index in [1.54, 1.807) is 0 Å². The lowest BCUT2D eigenvalue weighted by atomic mass is 9.87. The fourth-order valence-electron chi connectivity index (χ4n) is 2.38. The van der Waals surface area contributed by atoms with Crippen LogP contribution in [0.1, 0.15) is 31.9 Å². The number of hydrogen-bond donors (Lipinski definition) is 1. The van der Waals surface area contributed by atoms with E-state index >= 15 is 0 Å². The number of halogens is 1. The molecule has 4 nitrogen and oxygen atoms in total. The van der Waals surface area contributed by atoms with E-state index in [0.29, 0.717) is 11.4 Å². The Morgan fingerprint density at radius 1 is 1.43 bits per heavy atom. The van der Waals surface area contributed by atoms with Gasteiger partial charge in [-0.25, -0.2) is 4.79 Å². The zero-order valence-electron chi connectivity index (χ0n) is 12.9. The van der Waals surface area contributed by atoms with Crippen molar-refractivity contribution in [1.29, 1.82) is 0 Å². The van der Waals surface area contributed by atoms with Gasteiger partial charge >= 0.3 is 6.09 Å². The van der Waals surface area contributed by atoms with Crippen LogP contribution in [0.4, 0.5) is 4.79 Å². The minimum Gasteiger partial charge on any atom is -0.444 e. The summed E-state index contributed by atoms with van der Waals surface area (Å²) in [5.74, 6) is 0. The maximum atomic E-state index is 11.9. The van der Waals surface area contributed by atoms with Gasteiger partial charge in [0.25, 0.3) is 0 Å². The van der Waals surface area contributed by atoms with Crippen molar-refractivity contribution in [2.45, 2.75) is 45.3 Å². The molecule has 1 heterocycles. The maximum absolute atomic E-state index is 11.9. The van der Waals surface area contributed by atoms with Gasteiger partial charge in [-0.3, -0.25) is 0 Å². The number of ether oxygens (including phenoxy) is 1. The highest BCUT2D eigenvalue weighted by atomic mass is 35.5. The van der Waals surface area contributed by atoms with Crippen LogP contribution in [0.25, 0.3) is 0 Å². The molecule has 1 fully saturated rings. The predicted molar refractivity (Wildman–Crippen MR) is 82.6 cm³/mol. The van der Waals surface area contributed by atoms with E-state index in [1.165, 1.54) is 4.90 Å². The fraction of sp³-hybridized carbons (Fsp3) is 0.562. The molecule has 5 heteroatoms. The maximum Gasteiger partial charge on any atom is 0.410 e. The third-order valence-electron chi connectivity index (χ3n) is 3.35. The minimum absolute atomic E-state index is 0.270. The van der Waals surface area contributed by atoms with Gasteiger partial charge in [-0.2, -0.15) is 0 Å². The van der Waals surface area contributed by atoms with Crippen molar-refractivity contribution >= 4 is 17.7 Å². The summed E-state index contributed by atoms with van der Waals surface area (Å²) in [5, 5.41) is 11.1. The number of aliphatic hydroxyl groups is 1. The Morgan fingerprint density at radius 2 is 2.05 bits per heavy atom. The third-order valence-corrected chi connectivity index (χ3v) is 3.70. The summed E-state index contributed by atoms with van der Waals surface area (Å²) in [4.78, 5) is 13.4. The van der Waals surface area contributed by atoms with Crippen molar-refractivity contribution < 1.29 is 14.6 Å². The quantitative estimate of drug-likeness (QED) is 0.912. The molecule has 1 aromatic carbocycles. The molecular weight excluding hydrogens is 290 g/mol. The molecule has 0 atom stereocenters. The predicted octanol–water partition coefficient (Wildman–Crippen LogP) is 3.17. The molecule has 2 rings (SSSR count). The molecule has 0 radical (unpaired) electrons. The van der Waals surface area contributed by atoms with E-state index in [2.05, 4.69) is 0 Å². The zero-order chi connectivity index (χ0) is 15.8. The highest BCUT2D eigenvalue weighted by Gasteiger charge is 2.45. The Balaban J connectivity index is 1.94. The standard InChI is InChI=1S/C16H22ClNO3/c1-11-5-6-12(13(17)7-11)8-16(20)9-18(10-16)14(19)21-15(2,3)4/h5-7,20H,8-10H2,1-4H3. The molecule has 0 aromatic heterocycles. The lowest BCUT2D eigenvalue weighted by Gasteiger charge is -2.46. The molecule has 0 bridgehead atoms. The Bertz CT molecular complexity index is 545. The average Bonchev–Trinajstić information content (AvgIpc) is 2.27. The monoisotopic (exact) mass is 311 g/mol. The number of nitrogens with zero attached hydrogens (tertiary/aromatic N) is 1. The van der Waals surface area contributed by atoms with Crippen molar-refractivity contribution in [2.24, 2.45) is 0 Å². The normalized spacial score (nSPS) is 17.3. The van der Waals surface area contributed by atoms with Gasteiger partial charge in [0.2, 0.25) is 0 Å². The van der Waals surface area contributed by atoms with Gasteiger partial charge in [0.15, 0.2) is 0 Å². The van der Waals surface area contributed by atoms with Crippen LogP contribution >= 0.6 is 11.6 Å². The number of likely N-dealkylation sites (tertiary alicyclic amines) is 1. The molecule has 1 aliphatic heterocycles. The van der Waals surface area contributed by atoms with Crippen LogP contribution in [0.3, 0.4) is 0 Å². The first-order chi connectivity index (χ1) is 9.58. The van der Waals surface area contributed by atoms with Crippen molar-refractivity contribution in [3.05, 3.63) is 34.3 Å². The average molecular weight is 312 g/mol. The van der Waals surface area contributed by atoms with E-state index in [4.69, 9.17) is 16.3 Å². The number of benzene rings is 1. The molecule has 1 N–H and O–H groups in total. The van der Waals surface area contributed by atoms with Crippen LogP contribution in [0.15, 0.2) is 18.2 Å². The lowest BCUT2D eigenvalue weighted by molar-refractivity contribution is -0.0973. The van der Waals surface area contributed by atoms with Gasteiger partial charge in [-0.05, 0) is 44.9 Å². The zero-order valence-corrected chi connectivity index (χ0v) is 13.7. The Morgan fingerprint density at radius 3 is 2.57 bits per heavy atom. The van der Waals surface area contributed by atoms with Crippen LogP contribution in [0, 0.1) is 6.92 Å². The Kier molecular flexibility index (Phi) is 4.22. The summed E-state index contributed by atoms with van der Waals surface area (Å²) in [6.45, 7) is 7.98. The molecule has 116 valence electrons. The first-order valence-electron chi connectivity index (χ1n) is 7.03. The minimum atomic E-state index is -0.921.